The van der Waals surface area contributed by atoms with E-state index in [9.17, 15) is 5.11 Å². The van der Waals surface area contributed by atoms with E-state index in [-0.39, 0.29) is 11.5 Å². The topological polar surface area (TPSA) is 46.2 Å². The van der Waals surface area contributed by atoms with Gasteiger partial charge in [-0.3, -0.25) is 0 Å². The normalized spacial score (nSPS) is 31.9. The molecule has 1 fully saturated rings. The Labute approximate surface area is 101 Å². The minimum atomic E-state index is -0.373. The largest absolute Gasteiger partial charge is 0.387 e. The van der Waals surface area contributed by atoms with Crippen molar-refractivity contribution < 1.29 is 5.11 Å². The van der Waals surface area contributed by atoms with Gasteiger partial charge in [-0.15, -0.1) is 11.3 Å². The lowest BCUT2D eigenvalue weighted by Crippen LogP contribution is -2.34. The quantitative estimate of drug-likeness (QED) is 0.852. The first kappa shape index (κ1) is 12.1. The molecule has 1 aliphatic carbocycles. The van der Waals surface area contributed by atoms with Crippen LogP contribution in [-0.4, -0.2) is 11.7 Å². The van der Waals surface area contributed by atoms with Gasteiger partial charge in [0.2, 0.25) is 0 Å². The number of aryl methyl sites for hydroxylation is 1. The molecule has 0 saturated heterocycles. The van der Waals surface area contributed by atoms with Crippen LogP contribution in [0.2, 0.25) is 0 Å². The third-order valence-electron chi connectivity index (χ3n) is 4.03. The van der Waals surface area contributed by atoms with Crippen molar-refractivity contribution in [3.63, 3.8) is 0 Å². The molecule has 2 rings (SSSR count). The van der Waals surface area contributed by atoms with Gasteiger partial charge < -0.3 is 10.8 Å². The SMILES string of the molecule is Cc1ccsc1C(O)C1(CN)CCC(C)C1. The first-order valence-electron chi connectivity index (χ1n) is 6.01. The molecule has 3 N–H and O–H groups in total. The molecule has 0 bridgehead atoms. The van der Waals surface area contributed by atoms with Crippen LogP contribution in [0, 0.1) is 18.3 Å². The van der Waals surface area contributed by atoms with Gasteiger partial charge in [0.15, 0.2) is 0 Å². The summed E-state index contributed by atoms with van der Waals surface area (Å²) >= 11 is 1.65. The molecule has 0 radical (unpaired) electrons. The Kier molecular flexibility index (Phi) is 3.38. The number of nitrogens with two attached hydrogens (primary N) is 1. The van der Waals surface area contributed by atoms with Gasteiger partial charge in [0, 0.05) is 16.8 Å². The van der Waals surface area contributed by atoms with Crippen LogP contribution in [0.3, 0.4) is 0 Å². The van der Waals surface area contributed by atoms with Crippen LogP contribution in [0.4, 0.5) is 0 Å². The van der Waals surface area contributed by atoms with Gasteiger partial charge in [-0.05, 0) is 42.7 Å². The number of aliphatic hydroxyl groups is 1. The van der Waals surface area contributed by atoms with Crippen molar-refractivity contribution in [1.29, 1.82) is 0 Å². The van der Waals surface area contributed by atoms with E-state index in [0.29, 0.717) is 12.5 Å². The molecule has 0 spiro atoms. The molecule has 3 unspecified atom stereocenters. The molecule has 1 saturated carbocycles. The van der Waals surface area contributed by atoms with Gasteiger partial charge >= 0.3 is 0 Å². The van der Waals surface area contributed by atoms with Gasteiger partial charge in [0.05, 0.1) is 6.10 Å². The van der Waals surface area contributed by atoms with Crippen molar-refractivity contribution in [3.8, 4) is 0 Å². The zero-order valence-corrected chi connectivity index (χ0v) is 10.9. The van der Waals surface area contributed by atoms with Crippen LogP contribution in [0.5, 0.6) is 0 Å². The zero-order valence-electron chi connectivity index (χ0n) is 10.1. The van der Waals surface area contributed by atoms with Crippen molar-refractivity contribution in [2.45, 2.75) is 39.2 Å². The summed E-state index contributed by atoms with van der Waals surface area (Å²) in [6.07, 6.45) is 2.94. The van der Waals surface area contributed by atoms with Crippen LogP contribution in [0.1, 0.15) is 42.7 Å². The highest BCUT2D eigenvalue weighted by atomic mass is 32.1. The molecule has 16 heavy (non-hydrogen) atoms. The minimum Gasteiger partial charge on any atom is -0.387 e. The van der Waals surface area contributed by atoms with Gasteiger partial charge in [0.1, 0.15) is 0 Å². The third kappa shape index (κ3) is 1.92. The number of thiophene rings is 1. The fourth-order valence-corrected chi connectivity index (χ4v) is 3.97. The molecule has 1 aromatic rings. The molecule has 1 aliphatic rings. The van der Waals surface area contributed by atoms with Gasteiger partial charge in [0.25, 0.3) is 0 Å². The Bertz CT molecular complexity index is 363. The fourth-order valence-electron chi connectivity index (χ4n) is 2.92. The van der Waals surface area contributed by atoms with Crippen LogP contribution in [0.25, 0.3) is 0 Å². The molecule has 90 valence electrons. The maximum absolute atomic E-state index is 10.6. The summed E-state index contributed by atoms with van der Waals surface area (Å²) < 4.78 is 0. The molecule has 3 atom stereocenters. The van der Waals surface area contributed by atoms with E-state index in [2.05, 4.69) is 25.3 Å². The van der Waals surface area contributed by atoms with Gasteiger partial charge in [-0.25, -0.2) is 0 Å². The van der Waals surface area contributed by atoms with Crippen molar-refractivity contribution in [3.05, 3.63) is 21.9 Å². The summed E-state index contributed by atoms with van der Waals surface area (Å²) in [5, 5.41) is 12.6. The fraction of sp³-hybridized carbons (Fsp3) is 0.692. The molecule has 1 aromatic heterocycles. The summed E-state index contributed by atoms with van der Waals surface area (Å²) in [4.78, 5) is 1.11. The monoisotopic (exact) mass is 239 g/mol. The number of hydrogen-bond donors (Lipinski definition) is 2. The second kappa shape index (κ2) is 4.47. The van der Waals surface area contributed by atoms with Crippen molar-refractivity contribution in [2.24, 2.45) is 17.1 Å². The molecule has 0 aromatic carbocycles. The maximum Gasteiger partial charge on any atom is 0.0952 e. The average Bonchev–Trinajstić information content (AvgIpc) is 2.84. The Morgan fingerprint density at radius 1 is 1.69 bits per heavy atom. The van der Waals surface area contributed by atoms with Crippen LogP contribution in [-0.2, 0) is 0 Å². The zero-order chi connectivity index (χ0) is 11.8. The Morgan fingerprint density at radius 3 is 2.88 bits per heavy atom. The number of aliphatic hydroxyl groups excluding tert-OH is 1. The summed E-state index contributed by atoms with van der Waals surface area (Å²) in [5.74, 6) is 0.693. The van der Waals surface area contributed by atoms with E-state index in [4.69, 9.17) is 5.73 Å². The standard InChI is InChI=1S/C13H21NOS/c1-9-3-5-13(7-9,8-14)12(15)11-10(2)4-6-16-11/h4,6,9,12,15H,3,5,7-8,14H2,1-2H3. The highest BCUT2D eigenvalue weighted by molar-refractivity contribution is 7.10. The van der Waals surface area contributed by atoms with Gasteiger partial charge in [-0.1, -0.05) is 13.3 Å². The summed E-state index contributed by atoms with van der Waals surface area (Å²) in [7, 11) is 0. The highest BCUT2D eigenvalue weighted by Crippen LogP contribution is 2.50. The Balaban J connectivity index is 2.26. The maximum atomic E-state index is 10.6. The van der Waals surface area contributed by atoms with Crippen LogP contribution in [0.15, 0.2) is 11.4 Å². The molecule has 0 amide bonds. The lowest BCUT2D eigenvalue weighted by Gasteiger charge is -2.33. The van der Waals surface area contributed by atoms with E-state index >= 15 is 0 Å². The molecule has 0 aliphatic heterocycles. The van der Waals surface area contributed by atoms with Gasteiger partial charge in [-0.2, -0.15) is 0 Å². The molecule has 3 heteroatoms. The smallest absolute Gasteiger partial charge is 0.0952 e. The number of hydrogen-bond acceptors (Lipinski definition) is 3. The van der Waals surface area contributed by atoms with Crippen molar-refractivity contribution >= 4 is 11.3 Å². The second-order valence-electron chi connectivity index (χ2n) is 5.28. The molecule has 1 heterocycles. The molecular weight excluding hydrogens is 218 g/mol. The lowest BCUT2D eigenvalue weighted by molar-refractivity contribution is 0.0332. The minimum absolute atomic E-state index is 0.0744. The summed E-state index contributed by atoms with van der Waals surface area (Å²) in [6.45, 7) is 4.92. The molecule has 2 nitrogen and oxygen atoms in total. The van der Waals surface area contributed by atoms with Crippen molar-refractivity contribution in [2.75, 3.05) is 6.54 Å². The predicted octanol–water partition coefficient (Wildman–Crippen LogP) is 2.86. The van der Waals surface area contributed by atoms with Crippen molar-refractivity contribution in [1.82, 2.24) is 0 Å². The third-order valence-corrected chi connectivity index (χ3v) is 5.10. The van der Waals surface area contributed by atoms with E-state index in [0.717, 1.165) is 17.7 Å². The predicted molar refractivity (Wildman–Crippen MR) is 68.5 cm³/mol. The average molecular weight is 239 g/mol. The van der Waals surface area contributed by atoms with Crippen LogP contribution < -0.4 is 5.73 Å². The van der Waals surface area contributed by atoms with E-state index in [1.54, 1.807) is 11.3 Å². The summed E-state index contributed by atoms with van der Waals surface area (Å²) in [5.41, 5.74) is 7.06. The Hall–Kier alpha value is -0.380. The first-order valence-corrected chi connectivity index (χ1v) is 6.89. The molecular formula is C13H21NOS. The second-order valence-corrected chi connectivity index (χ2v) is 6.23. The van der Waals surface area contributed by atoms with E-state index < -0.39 is 0 Å². The lowest BCUT2D eigenvalue weighted by atomic mass is 9.78. The number of rotatable bonds is 3. The summed E-state index contributed by atoms with van der Waals surface area (Å²) in [6, 6.07) is 2.08. The van der Waals surface area contributed by atoms with E-state index in [1.165, 1.54) is 12.0 Å². The Morgan fingerprint density at radius 2 is 2.44 bits per heavy atom. The van der Waals surface area contributed by atoms with E-state index in [1.807, 2.05) is 0 Å². The first-order chi connectivity index (χ1) is 7.59. The van der Waals surface area contributed by atoms with Crippen LogP contribution >= 0.6 is 11.3 Å². The highest BCUT2D eigenvalue weighted by Gasteiger charge is 2.43.